The SMILES string of the molecule is COc1ccc2[nH]cc(C3CCN(S(=O)(=O)c4ccc(NC(C)=O)cc4)CC3)c2c1. The first-order valence-corrected chi connectivity index (χ1v) is 11.4. The maximum absolute atomic E-state index is 13.0. The number of carbonyl (C=O) groups is 1. The zero-order chi connectivity index (χ0) is 21.3. The molecule has 0 saturated carbocycles. The molecule has 2 heterocycles. The fourth-order valence-corrected chi connectivity index (χ4v) is 5.53. The fraction of sp³-hybridized carbons (Fsp3) is 0.318. The molecule has 2 aromatic carbocycles. The van der Waals surface area contributed by atoms with Gasteiger partial charge in [0.25, 0.3) is 0 Å². The van der Waals surface area contributed by atoms with E-state index >= 15 is 0 Å². The van der Waals surface area contributed by atoms with Gasteiger partial charge in [0.05, 0.1) is 12.0 Å². The Morgan fingerprint density at radius 2 is 1.83 bits per heavy atom. The van der Waals surface area contributed by atoms with E-state index in [2.05, 4.69) is 10.3 Å². The summed E-state index contributed by atoms with van der Waals surface area (Å²) in [5, 5.41) is 3.78. The summed E-state index contributed by atoms with van der Waals surface area (Å²) >= 11 is 0. The van der Waals surface area contributed by atoms with Crippen LogP contribution in [0.2, 0.25) is 0 Å². The highest BCUT2D eigenvalue weighted by atomic mass is 32.2. The number of benzene rings is 2. The number of hydrogen-bond donors (Lipinski definition) is 2. The number of H-pyrrole nitrogens is 1. The zero-order valence-electron chi connectivity index (χ0n) is 17.0. The van der Waals surface area contributed by atoms with Crippen LogP contribution in [0.25, 0.3) is 10.9 Å². The first-order valence-electron chi connectivity index (χ1n) is 9.91. The van der Waals surface area contributed by atoms with Gasteiger partial charge in [0.2, 0.25) is 15.9 Å². The fourth-order valence-electron chi connectivity index (χ4n) is 4.06. The summed E-state index contributed by atoms with van der Waals surface area (Å²) < 4.78 is 32.9. The molecule has 7 nitrogen and oxygen atoms in total. The lowest BCUT2D eigenvalue weighted by Crippen LogP contribution is -2.37. The number of rotatable bonds is 5. The number of fused-ring (bicyclic) bond motifs is 1. The number of hydrogen-bond acceptors (Lipinski definition) is 4. The van der Waals surface area contributed by atoms with E-state index in [1.54, 1.807) is 35.7 Å². The summed E-state index contributed by atoms with van der Waals surface area (Å²) in [6, 6.07) is 12.3. The van der Waals surface area contributed by atoms with Gasteiger partial charge in [-0.15, -0.1) is 0 Å². The number of ether oxygens (including phenoxy) is 1. The van der Waals surface area contributed by atoms with Crippen LogP contribution in [0.3, 0.4) is 0 Å². The molecular formula is C22H25N3O4S. The van der Waals surface area contributed by atoms with E-state index in [9.17, 15) is 13.2 Å². The molecule has 0 spiro atoms. The summed E-state index contributed by atoms with van der Waals surface area (Å²) in [5.41, 5.74) is 2.84. The highest BCUT2D eigenvalue weighted by Crippen LogP contribution is 2.36. The topological polar surface area (TPSA) is 91.5 Å². The lowest BCUT2D eigenvalue weighted by Gasteiger charge is -2.31. The van der Waals surface area contributed by atoms with E-state index in [0.29, 0.717) is 24.7 Å². The number of anilines is 1. The third-order valence-corrected chi connectivity index (χ3v) is 7.54. The number of sulfonamides is 1. The maximum atomic E-state index is 13.0. The van der Waals surface area contributed by atoms with Crippen molar-refractivity contribution in [3.05, 3.63) is 54.2 Å². The first kappa shape index (κ1) is 20.4. The van der Waals surface area contributed by atoms with Gasteiger partial charge in [-0.1, -0.05) is 0 Å². The summed E-state index contributed by atoms with van der Waals surface area (Å²) in [5.74, 6) is 0.910. The van der Waals surface area contributed by atoms with Crippen LogP contribution in [0.1, 0.15) is 31.2 Å². The van der Waals surface area contributed by atoms with Crippen LogP contribution in [0, 0.1) is 0 Å². The van der Waals surface area contributed by atoms with E-state index < -0.39 is 10.0 Å². The van der Waals surface area contributed by atoms with Gasteiger partial charge in [-0.05, 0) is 66.8 Å². The van der Waals surface area contributed by atoms with Crippen LogP contribution >= 0.6 is 0 Å². The number of piperidine rings is 1. The van der Waals surface area contributed by atoms with Gasteiger partial charge < -0.3 is 15.0 Å². The van der Waals surface area contributed by atoms with Crippen molar-refractivity contribution in [3.8, 4) is 5.75 Å². The third kappa shape index (κ3) is 3.93. The quantitative estimate of drug-likeness (QED) is 0.649. The van der Waals surface area contributed by atoms with Crippen LogP contribution in [0.5, 0.6) is 5.75 Å². The van der Waals surface area contributed by atoms with Gasteiger partial charge >= 0.3 is 0 Å². The number of aromatic nitrogens is 1. The minimum absolute atomic E-state index is 0.192. The van der Waals surface area contributed by atoms with Crippen molar-refractivity contribution in [2.24, 2.45) is 0 Å². The molecule has 1 saturated heterocycles. The molecule has 158 valence electrons. The van der Waals surface area contributed by atoms with Crippen LogP contribution in [-0.4, -0.2) is 43.8 Å². The van der Waals surface area contributed by atoms with Crippen molar-refractivity contribution < 1.29 is 17.9 Å². The molecule has 1 fully saturated rings. The smallest absolute Gasteiger partial charge is 0.243 e. The van der Waals surface area contributed by atoms with Crippen LogP contribution in [0.15, 0.2) is 53.6 Å². The van der Waals surface area contributed by atoms with Crippen LogP contribution in [0.4, 0.5) is 5.69 Å². The van der Waals surface area contributed by atoms with Crippen molar-refractivity contribution in [3.63, 3.8) is 0 Å². The molecular weight excluding hydrogens is 402 g/mol. The minimum Gasteiger partial charge on any atom is -0.497 e. The van der Waals surface area contributed by atoms with Gasteiger partial charge in [-0.25, -0.2) is 8.42 Å². The molecule has 0 aliphatic carbocycles. The average molecular weight is 428 g/mol. The lowest BCUT2D eigenvalue weighted by molar-refractivity contribution is -0.114. The van der Waals surface area contributed by atoms with E-state index in [-0.39, 0.29) is 10.8 Å². The highest BCUT2D eigenvalue weighted by molar-refractivity contribution is 7.89. The number of nitrogens with zero attached hydrogens (tertiary/aromatic N) is 1. The number of carbonyl (C=O) groups excluding carboxylic acids is 1. The van der Waals surface area contributed by atoms with E-state index in [1.165, 1.54) is 12.5 Å². The average Bonchev–Trinajstić information content (AvgIpc) is 3.17. The van der Waals surface area contributed by atoms with Crippen molar-refractivity contribution >= 4 is 32.5 Å². The van der Waals surface area contributed by atoms with Crippen LogP contribution in [-0.2, 0) is 14.8 Å². The summed E-state index contributed by atoms with van der Waals surface area (Å²) in [4.78, 5) is 14.7. The summed E-state index contributed by atoms with van der Waals surface area (Å²) in [6.07, 6.45) is 3.54. The van der Waals surface area contributed by atoms with Gasteiger partial charge in [0.15, 0.2) is 0 Å². The largest absolute Gasteiger partial charge is 0.497 e. The molecule has 0 atom stereocenters. The van der Waals surface area contributed by atoms with Crippen molar-refractivity contribution in [2.75, 3.05) is 25.5 Å². The van der Waals surface area contributed by atoms with Crippen molar-refractivity contribution in [1.82, 2.24) is 9.29 Å². The molecule has 0 radical (unpaired) electrons. The van der Waals surface area contributed by atoms with Crippen LogP contribution < -0.4 is 10.1 Å². The monoisotopic (exact) mass is 427 g/mol. The van der Waals surface area contributed by atoms with Crippen molar-refractivity contribution in [1.29, 1.82) is 0 Å². The van der Waals surface area contributed by atoms with Crippen molar-refractivity contribution in [2.45, 2.75) is 30.6 Å². The Morgan fingerprint density at radius 3 is 2.47 bits per heavy atom. The Labute approximate surface area is 176 Å². The Bertz CT molecular complexity index is 1160. The second kappa shape index (κ2) is 8.12. The molecule has 1 aliphatic rings. The first-order chi connectivity index (χ1) is 14.4. The lowest BCUT2D eigenvalue weighted by atomic mass is 9.90. The molecule has 30 heavy (non-hydrogen) atoms. The third-order valence-electron chi connectivity index (χ3n) is 5.63. The molecule has 3 aromatic rings. The molecule has 4 rings (SSSR count). The summed E-state index contributed by atoms with van der Waals surface area (Å²) in [7, 11) is -1.91. The molecule has 1 aromatic heterocycles. The number of amides is 1. The number of nitrogens with one attached hydrogen (secondary N) is 2. The second-order valence-corrected chi connectivity index (χ2v) is 9.48. The standard InChI is InChI=1S/C22H25N3O4S/c1-15(26)24-17-3-6-19(7-4-17)30(27,28)25-11-9-16(10-12-25)21-14-23-22-8-5-18(29-2)13-20(21)22/h3-8,13-14,16,23H,9-12H2,1-2H3,(H,24,26). The predicted molar refractivity (Wildman–Crippen MR) is 116 cm³/mol. The van der Waals surface area contributed by atoms with Gasteiger partial charge in [-0.2, -0.15) is 4.31 Å². The second-order valence-electron chi connectivity index (χ2n) is 7.54. The predicted octanol–water partition coefficient (Wildman–Crippen LogP) is 3.70. The zero-order valence-corrected chi connectivity index (χ0v) is 17.8. The summed E-state index contributed by atoms with van der Waals surface area (Å²) in [6.45, 7) is 2.35. The number of aromatic amines is 1. The molecule has 2 N–H and O–H groups in total. The molecule has 0 unspecified atom stereocenters. The van der Waals surface area contributed by atoms with E-state index in [1.807, 2.05) is 24.4 Å². The molecule has 1 amide bonds. The Hall–Kier alpha value is -2.84. The van der Waals surface area contributed by atoms with E-state index in [4.69, 9.17) is 4.74 Å². The van der Waals surface area contributed by atoms with Gasteiger partial charge in [0.1, 0.15) is 5.75 Å². The van der Waals surface area contributed by atoms with E-state index in [0.717, 1.165) is 29.5 Å². The number of methoxy groups -OCH3 is 1. The van der Waals surface area contributed by atoms with Gasteiger partial charge in [0, 0.05) is 42.8 Å². The normalized spacial score (nSPS) is 15.9. The maximum Gasteiger partial charge on any atom is 0.243 e. The molecule has 1 aliphatic heterocycles. The molecule has 8 heteroatoms. The van der Waals surface area contributed by atoms with Gasteiger partial charge in [-0.3, -0.25) is 4.79 Å². The molecule has 0 bridgehead atoms. The Morgan fingerprint density at radius 1 is 1.13 bits per heavy atom. The Balaban J connectivity index is 1.48. The highest BCUT2D eigenvalue weighted by Gasteiger charge is 2.30. The minimum atomic E-state index is -3.56. The Kier molecular flexibility index (Phi) is 5.53.